The SMILES string of the molecule is C[C@@H]1O[C@@H](O[C@@H]2[C@@H](O[C@@H]3O[C@@H](C)[C@H](O[C@@H]4OC[C@H](O)[C@H](O[C@@H]5OC[C@@H](O)[C@H](O)[C@H]5O)[C@H]4O)[C@@H](O[C@@H]4OC[C@](O)(CO)[C@H]4O)[C@H]3O)[C@H](OC(=O)[C@]34CCC(C)(C)C[C@H]3C3=CC[C@@H]5[C@@]6(C)C[C@H](O)[C@H](O[C@@H]7O[C@H](CO[C@@H]8OC[C@H](O)[C@H](O)[C@H]8O)[C@@H](O)[C@H](O)[C@H]7O)C(C)(C)[C@@H]6CC[C@@]5(C)[C@]3(C)C[C@H]4O)OC[C@H]2O)[C@H](O)[C@H](O)[C@H]1O. The van der Waals surface area contributed by atoms with Crippen LogP contribution in [0, 0.1) is 50.2 Å². The molecule has 0 unspecified atom stereocenters. The minimum Gasteiger partial charge on any atom is -0.432 e. The maximum atomic E-state index is 16.2. The molecule has 8 heterocycles. The molecule has 13 rings (SSSR count). The molecule has 8 aliphatic heterocycles. The molecule has 5 aliphatic carbocycles. The number of carbonyl (C=O) groups excluding carboxylic acids is 1. The third-order valence-electron chi connectivity index (χ3n) is 27.9. The van der Waals surface area contributed by atoms with E-state index in [1.54, 1.807) is 0 Å². The summed E-state index contributed by atoms with van der Waals surface area (Å²) >= 11 is 0. The largest absolute Gasteiger partial charge is 0.432 e. The molecule has 12 fully saturated rings. The van der Waals surface area contributed by atoms with E-state index in [0.717, 1.165) is 5.57 Å². The minimum absolute atomic E-state index is 0.0317. The highest BCUT2D eigenvalue weighted by atomic mass is 16.8. The van der Waals surface area contributed by atoms with Crippen LogP contribution in [-0.2, 0) is 80.6 Å². The summed E-state index contributed by atoms with van der Waals surface area (Å²) in [6.45, 7) is 12.9. The third-order valence-corrected chi connectivity index (χ3v) is 27.9. The van der Waals surface area contributed by atoms with E-state index in [1.807, 2.05) is 13.8 Å². The van der Waals surface area contributed by atoms with Crippen LogP contribution in [-0.4, -0.2) is 386 Å². The van der Waals surface area contributed by atoms with Crippen molar-refractivity contribution in [2.24, 2.45) is 50.2 Å². The van der Waals surface area contributed by atoms with Crippen molar-refractivity contribution in [2.75, 3.05) is 46.2 Å². The zero-order chi connectivity index (χ0) is 80.8. The van der Waals surface area contributed by atoms with E-state index in [-0.39, 0.29) is 37.7 Å². The highest BCUT2D eigenvalue weighted by Gasteiger charge is 2.73. The van der Waals surface area contributed by atoms with Gasteiger partial charge in [0, 0.05) is 0 Å². The van der Waals surface area contributed by atoms with E-state index in [1.165, 1.54) is 13.8 Å². The number of esters is 1. The molecule has 0 bridgehead atoms. The van der Waals surface area contributed by atoms with Crippen molar-refractivity contribution in [3.8, 4) is 0 Å². The van der Waals surface area contributed by atoms with Crippen LogP contribution in [0.25, 0.3) is 0 Å². The molecule has 0 aromatic carbocycles. The minimum atomic E-state index is -2.31. The summed E-state index contributed by atoms with van der Waals surface area (Å²) in [6, 6.07) is 0. The number of rotatable bonds is 18. The number of hydrogen-bond donors (Lipinski definition) is 21. The van der Waals surface area contributed by atoms with Gasteiger partial charge in [0.1, 0.15) is 145 Å². The molecule has 38 nitrogen and oxygen atoms in total. The Labute approximate surface area is 640 Å². The van der Waals surface area contributed by atoms with Gasteiger partial charge in [0.2, 0.25) is 6.29 Å². The molecule has 4 saturated carbocycles. The van der Waals surface area contributed by atoms with Crippen molar-refractivity contribution in [3.63, 3.8) is 0 Å². The Bertz CT molecular complexity index is 3220. The lowest BCUT2D eigenvalue weighted by molar-refractivity contribution is -0.394. The normalized spacial score (nSPS) is 55.4. The number of aliphatic hydroxyl groups excluding tert-OH is 20. The van der Waals surface area contributed by atoms with Gasteiger partial charge >= 0.3 is 5.97 Å². The van der Waals surface area contributed by atoms with Gasteiger partial charge in [-0.25, -0.2) is 0 Å². The van der Waals surface area contributed by atoms with Crippen LogP contribution < -0.4 is 0 Å². The summed E-state index contributed by atoms with van der Waals surface area (Å²) in [7, 11) is 0. The zero-order valence-electron chi connectivity index (χ0n) is 63.5. The first-order valence-electron chi connectivity index (χ1n) is 38.8. The van der Waals surface area contributed by atoms with Gasteiger partial charge in [-0.3, -0.25) is 4.79 Å². The van der Waals surface area contributed by atoms with Crippen molar-refractivity contribution in [1.29, 1.82) is 0 Å². The topological polar surface area (TPSA) is 590 Å². The Hall–Kier alpha value is -2.23. The van der Waals surface area contributed by atoms with Crippen molar-refractivity contribution in [2.45, 2.75) is 341 Å². The highest BCUT2D eigenvalue weighted by molar-refractivity contribution is 5.80. The van der Waals surface area contributed by atoms with Gasteiger partial charge < -0.3 is 183 Å². The maximum absolute atomic E-state index is 16.2. The summed E-state index contributed by atoms with van der Waals surface area (Å²) in [6.07, 6.45) is -56.6. The summed E-state index contributed by atoms with van der Waals surface area (Å²) in [4.78, 5) is 16.2. The smallest absolute Gasteiger partial charge is 0.317 e. The van der Waals surface area contributed by atoms with Crippen LogP contribution in [0.4, 0.5) is 0 Å². The fraction of sp³-hybridized carbons (Fsp3) is 0.959. The van der Waals surface area contributed by atoms with Crippen LogP contribution in [0.5, 0.6) is 0 Å². The molecule has 21 N–H and O–H groups in total. The fourth-order valence-electron chi connectivity index (χ4n) is 21.1. The first-order chi connectivity index (χ1) is 52.0. The van der Waals surface area contributed by atoms with Crippen molar-refractivity contribution in [3.05, 3.63) is 11.6 Å². The molecule has 638 valence electrons. The number of hydrogen-bond acceptors (Lipinski definition) is 38. The van der Waals surface area contributed by atoms with E-state index in [9.17, 15) is 107 Å². The predicted molar refractivity (Wildman–Crippen MR) is 363 cm³/mol. The average Bonchev–Trinajstić information content (AvgIpc) is 0.870. The standard InChI is InChI=1S/C73H118O38/c1-26-39(81)43(85)47(89)61(102-26)107-53-34(79)22-99-64(55(53)109-63-50(92)54(108-65-56(93)72(95,24-74)25-101-65)51(27(2)103-63)105-60-49(91)52(33(78)21-98-60)106-59-46(88)41(83)32(77)20-97-59)111-66(94)73-15-14-67(3,4)16-29(73)28-10-11-37-69(7)17-30(75)57(68(5,6)36(69)12-13-70(37,8)71(28,9)18-38(73)80)110-62-48(90)44(86)42(84)35(104-62)23-100-58-45(87)40(82)31(76)19-96-58/h10,26-27,29-65,74-93,95H,11-25H2,1-9H3/t26-,27-,29-,30-,31-,32+,33-,34+,35+,36-,37+,38+,39-,40-,41-,42+,43+,44-,45+,46+,47+,48+,49+,50+,51-,52-,53-,54-,55+,56-,57-,58-,59-,60-,61-,62-,63-,64-,65-,69-,70+,71+,72+,73+/m0/s1. The second-order valence-corrected chi connectivity index (χ2v) is 35.7. The van der Waals surface area contributed by atoms with Gasteiger partial charge in [0.05, 0.1) is 76.8 Å². The number of aliphatic hydroxyl groups is 21. The molecular weight excluding hydrogens is 1480 g/mol. The monoisotopic (exact) mass is 1600 g/mol. The van der Waals surface area contributed by atoms with Gasteiger partial charge in [-0.2, -0.15) is 0 Å². The van der Waals surface area contributed by atoms with Crippen molar-refractivity contribution < 1.29 is 188 Å². The Morgan fingerprint density at radius 2 is 0.991 bits per heavy atom. The quantitative estimate of drug-likeness (QED) is 0.0344. The maximum Gasteiger partial charge on any atom is 0.317 e. The lowest BCUT2D eigenvalue weighted by Gasteiger charge is -2.72. The molecule has 111 heavy (non-hydrogen) atoms. The van der Waals surface area contributed by atoms with Crippen molar-refractivity contribution in [1.82, 2.24) is 0 Å². The molecular formula is C73H118O38. The van der Waals surface area contributed by atoms with E-state index in [2.05, 4.69) is 40.7 Å². The molecule has 38 heteroatoms. The summed E-state index contributed by atoms with van der Waals surface area (Å²) in [5.41, 5.74) is -6.57. The fourth-order valence-corrected chi connectivity index (χ4v) is 21.1. The van der Waals surface area contributed by atoms with E-state index >= 15 is 4.79 Å². The van der Waals surface area contributed by atoms with Gasteiger partial charge in [0.15, 0.2) is 50.1 Å². The molecule has 0 aromatic heterocycles. The van der Waals surface area contributed by atoms with Gasteiger partial charge in [0.25, 0.3) is 0 Å². The Morgan fingerprint density at radius 1 is 0.468 bits per heavy atom. The first kappa shape index (κ1) is 86.6. The second kappa shape index (κ2) is 32.4. The molecule has 0 amide bonds. The van der Waals surface area contributed by atoms with Crippen LogP contribution in [0.2, 0.25) is 0 Å². The van der Waals surface area contributed by atoms with Crippen LogP contribution in [0.15, 0.2) is 11.6 Å². The highest BCUT2D eigenvalue weighted by Crippen LogP contribution is 2.76. The second-order valence-electron chi connectivity index (χ2n) is 35.7. The Balaban J connectivity index is 0.775. The Kier molecular flexibility index (Phi) is 25.3. The molecule has 0 spiro atoms. The number of fused-ring (bicyclic) bond motifs is 7. The molecule has 8 saturated heterocycles. The van der Waals surface area contributed by atoms with E-state index < -0.39 is 311 Å². The van der Waals surface area contributed by atoms with E-state index in [4.69, 9.17) is 75.8 Å². The third kappa shape index (κ3) is 15.2. The molecule has 0 aromatic rings. The summed E-state index contributed by atoms with van der Waals surface area (Å²) < 4.78 is 96.7. The number of ether oxygens (including phenoxy) is 16. The number of allylic oxidation sites excluding steroid dienone is 2. The first-order valence-corrected chi connectivity index (χ1v) is 38.8. The summed E-state index contributed by atoms with van der Waals surface area (Å²) in [5, 5.41) is 235. The molecule has 13 aliphatic rings. The van der Waals surface area contributed by atoms with Gasteiger partial charge in [-0.15, -0.1) is 0 Å². The van der Waals surface area contributed by atoms with E-state index in [0.29, 0.717) is 32.1 Å². The lowest BCUT2D eigenvalue weighted by atomic mass is 9.33. The Morgan fingerprint density at radius 3 is 1.64 bits per heavy atom. The lowest BCUT2D eigenvalue weighted by Crippen LogP contribution is -2.70. The van der Waals surface area contributed by atoms with Gasteiger partial charge in [-0.05, 0) is 110 Å². The predicted octanol–water partition coefficient (Wildman–Crippen LogP) is -7.54. The van der Waals surface area contributed by atoms with Crippen LogP contribution in [0.3, 0.4) is 0 Å². The zero-order valence-corrected chi connectivity index (χ0v) is 63.5. The summed E-state index contributed by atoms with van der Waals surface area (Å²) in [5.74, 6) is -2.03. The molecule has 44 atom stereocenters. The molecule has 0 radical (unpaired) electrons. The van der Waals surface area contributed by atoms with Crippen molar-refractivity contribution >= 4 is 5.97 Å². The van der Waals surface area contributed by atoms with Crippen LogP contribution in [0.1, 0.15) is 114 Å². The van der Waals surface area contributed by atoms with Gasteiger partial charge in [-0.1, -0.05) is 60.1 Å². The average molecular weight is 1600 g/mol. The van der Waals surface area contributed by atoms with Crippen LogP contribution >= 0.6 is 0 Å². The number of carbonyl (C=O) groups is 1.